The Labute approximate surface area is 202 Å². The standard InChI is InChI=1S/C29H28NO3P/c1-3-33-29(31)23-16-14-22(15-17-23)28(30-24-18-20-25(32-2)21-19-24)34(26-10-6-4-7-11-26)27-12-8-5-9-13-27/h4-21,28,30H,3H2,1-2H3. The van der Waals surface area contributed by atoms with Gasteiger partial charge < -0.3 is 14.8 Å². The minimum absolute atomic E-state index is 0.0237. The summed E-state index contributed by atoms with van der Waals surface area (Å²) in [6.45, 7) is 2.17. The van der Waals surface area contributed by atoms with E-state index in [4.69, 9.17) is 9.47 Å². The Bertz CT molecular complexity index is 1140. The smallest absolute Gasteiger partial charge is 0.338 e. The molecule has 1 N–H and O–H groups in total. The first kappa shape index (κ1) is 23.5. The van der Waals surface area contributed by atoms with Gasteiger partial charge in [-0.25, -0.2) is 4.79 Å². The van der Waals surface area contributed by atoms with Gasteiger partial charge in [0.1, 0.15) is 5.75 Å². The first-order valence-electron chi connectivity index (χ1n) is 11.3. The van der Waals surface area contributed by atoms with Gasteiger partial charge in [0.15, 0.2) is 0 Å². The van der Waals surface area contributed by atoms with Crippen molar-refractivity contribution in [1.29, 1.82) is 0 Å². The van der Waals surface area contributed by atoms with Gasteiger partial charge in [-0.2, -0.15) is 0 Å². The molecule has 0 amide bonds. The molecule has 0 aromatic heterocycles. The first-order chi connectivity index (χ1) is 16.7. The van der Waals surface area contributed by atoms with Crippen LogP contribution in [0, 0.1) is 0 Å². The van der Waals surface area contributed by atoms with Crippen molar-refractivity contribution < 1.29 is 14.3 Å². The SMILES string of the molecule is CCOC(=O)c1ccc(C(Nc2ccc(OC)cc2)P(c2ccccc2)c2ccccc2)cc1. The average molecular weight is 470 g/mol. The van der Waals surface area contributed by atoms with Crippen LogP contribution in [0.25, 0.3) is 0 Å². The fraction of sp³-hybridized carbons (Fsp3) is 0.138. The number of anilines is 1. The molecular weight excluding hydrogens is 441 g/mol. The number of esters is 1. The second-order valence-corrected chi connectivity index (χ2v) is 9.95. The molecule has 0 aliphatic rings. The maximum Gasteiger partial charge on any atom is 0.338 e. The highest BCUT2D eigenvalue weighted by molar-refractivity contribution is 7.73. The number of nitrogens with one attached hydrogen (secondary N) is 1. The van der Waals surface area contributed by atoms with Crippen LogP contribution in [-0.4, -0.2) is 19.7 Å². The lowest BCUT2D eigenvalue weighted by atomic mass is 10.1. The minimum Gasteiger partial charge on any atom is -0.497 e. The van der Waals surface area contributed by atoms with Crippen LogP contribution in [0.5, 0.6) is 5.75 Å². The molecule has 0 bridgehead atoms. The van der Waals surface area contributed by atoms with Gasteiger partial charge in [0.25, 0.3) is 0 Å². The van der Waals surface area contributed by atoms with Crippen molar-refractivity contribution >= 4 is 30.2 Å². The number of hydrogen-bond acceptors (Lipinski definition) is 4. The van der Waals surface area contributed by atoms with Gasteiger partial charge in [0, 0.05) is 5.69 Å². The van der Waals surface area contributed by atoms with Crippen LogP contribution in [0.4, 0.5) is 5.69 Å². The molecule has 0 aliphatic heterocycles. The molecule has 172 valence electrons. The van der Waals surface area contributed by atoms with Gasteiger partial charge in [-0.3, -0.25) is 0 Å². The third kappa shape index (κ3) is 5.65. The van der Waals surface area contributed by atoms with Crippen LogP contribution in [0.3, 0.4) is 0 Å². The molecule has 4 rings (SSSR count). The fourth-order valence-electron chi connectivity index (χ4n) is 3.78. The number of carbonyl (C=O) groups excluding carboxylic acids is 1. The lowest BCUT2D eigenvalue weighted by Gasteiger charge is -2.31. The van der Waals surface area contributed by atoms with Gasteiger partial charge in [-0.15, -0.1) is 0 Å². The highest BCUT2D eigenvalue weighted by Crippen LogP contribution is 2.49. The Balaban J connectivity index is 1.78. The Morgan fingerprint density at radius 2 is 1.35 bits per heavy atom. The van der Waals surface area contributed by atoms with Crippen LogP contribution in [-0.2, 0) is 4.74 Å². The zero-order chi connectivity index (χ0) is 23.8. The summed E-state index contributed by atoms with van der Waals surface area (Å²) in [6.07, 6.45) is 0. The summed E-state index contributed by atoms with van der Waals surface area (Å²) in [6, 6.07) is 36.9. The molecule has 0 radical (unpaired) electrons. The number of methoxy groups -OCH3 is 1. The van der Waals surface area contributed by atoms with E-state index in [9.17, 15) is 4.79 Å². The number of carbonyl (C=O) groups is 1. The fourth-order valence-corrected chi connectivity index (χ4v) is 6.41. The van der Waals surface area contributed by atoms with Crippen molar-refractivity contribution in [2.75, 3.05) is 19.0 Å². The number of benzene rings is 4. The molecule has 0 fully saturated rings. The summed E-state index contributed by atoms with van der Waals surface area (Å²) in [4.78, 5) is 12.2. The summed E-state index contributed by atoms with van der Waals surface area (Å²) < 4.78 is 10.5. The van der Waals surface area contributed by atoms with Gasteiger partial charge in [-0.1, -0.05) is 72.8 Å². The zero-order valence-electron chi connectivity index (χ0n) is 19.3. The van der Waals surface area contributed by atoms with E-state index in [0.29, 0.717) is 12.2 Å². The minimum atomic E-state index is -0.816. The highest BCUT2D eigenvalue weighted by Gasteiger charge is 2.26. The molecule has 5 heteroatoms. The Morgan fingerprint density at radius 3 is 1.85 bits per heavy atom. The van der Waals surface area contributed by atoms with E-state index in [1.54, 1.807) is 7.11 Å². The summed E-state index contributed by atoms with van der Waals surface area (Å²) in [5.41, 5.74) is 2.65. The van der Waals surface area contributed by atoms with Crippen LogP contribution in [0.15, 0.2) is 109 Å². The normalized spacial score (nSPS) is 11.6. The van der Waals surface area contributed by atoms with Gasteiger partial charge in [-0.05, 0) is 67.4 Å². The second kappa shape index (κ2) is 11.5. The van der Waals surface area contributed by atoms with Gasteiger partial charge in [0.2, 0.25) is 0 Å². The van der Waals surface area contributed by atoms with E-state index in [2.05, 4.69) is 53.8 Å². The summed E-state index contributed by atoms with van der Waals surface area (Å²) >= 11 is 0. The van der Waals surface area contributed by atoms with Crippen molar-refractivity contribution in [3.8, 4) is 5.75 Å². The number of hydrogen-bond donors (Lipinski definition) is 1. The summed E-state index contributed by atoms with van der Waals surface area (Å²) in [5.74, 6) is 0.487. The summed E-state index contributed by atoms with van der Waals surface area (Å²) in [7, 11) is 0.851. The van der Waals surface area contributed by atoms with E-state index in [1.807, 2.05) is 67.6 Å². The maximum atomic E-state index is 12.2. The predicted octanol–water partition coefficient (Wildman–Crippen LogP) is 6.12. The van der Waals surface area contributed by atoms with E-state index < -0.39 is 7.92 Å². The first-order valence-corrected chi connectivity index (χ1v) is 12.7. The second-order valence-electron chi connectivity index (χ2n) is 7.66. The zero-order valence-corrected chi connectivity index (χ0v) is 20.2. The largest absolute Gasteiger partial charge is 0.497 e. The van der Waals surface area contributed by atoms with Crippen molar-refractivity contribution in [2.24, 2.45) is 0 Å². The molecule has 4 aromatic carbocycles. The van der Waals surface area contributed by atoms with Crippen molar-refractivity contribution in [3.63, 3.8) is 0 Å². The third-order valence-electron chi connectivity index (χ3n) is 5.46. The van der Waals surface area contributed by atoms with Gasteiger partial charge >= 0.3 is 5.97 Å². The lowest BCUT2D eigenvalue weighted by Crippen LogP contribution is -2.22. The molecule has 0 spiro atoms. The van der Waals surface area contributed by atoms with Crippen LogP contribution in [0.1, 0.15) is 28.6 Å². The topological polar surface area (TPSA) is 47.6 Å². The maximum absolute atomic E-state index is 12.2. The molecule has 0 heterocycles. The van der Waals surface area contributed by atoms with Crippen molar-refractivity contribution in [3.05, 3.63) is 120 Å². The predicted molar refractivity (Wildman–Crippen MR) is 141 cm³/mol. The van der Waals surface area contributed by atoms with Crippen molar-refractivity contribution in [2.45, 2.75) is 12.7 Å². The molecule has 0 aliphatic carbocycles. The third-order valence-corrected chi connectivity index (χ3v) is 8.11. The quantitative estimate of drug-likeness (QED) is 0.237. The number of ether oxygens (including phenoxy) is 2. The lowest BCUT2D eigenvalue weighted by molar-refractivity contribution is 0.0526. The average Bonchev–Trinajstić information content (AvgIpc) is 2.90. The Morgan fingerprint density at radius 1 is 0.794 bits per heavy atom. The highest BCUT2D eigenvalue weighted by atomic mass is 31.1. The van der Waals surface area contributed by atoms with E-state index >= 15 is 0 Å². The molecule has 34 heavy (non-hydrogen) atoms. The van der Waals surface area contributed by atoms with Gasteiger partial charge in [0.05, 0.1) is 25.1 Å². The molecule has 1 atom stereocenters. The van der Waals surface area contributed by atoms with Crippen LogP contribution in [0.2, 0.25) is 0 Å². The van der Waals surface area contributed by atoms with Crippen LogP contribution >= 0.6 is 7.92 Å². The monoisotopic (exact) mass is 469 g/mol. The van der Waals surface area contributed by atoms with Crippen molar-refractivity contribution in [1.82, 2.24) is 0 Å². The van der Waals surface area contributed by atoms with E-state index in [0.717, 1.165) is 17.0 Å². The molecule has 0 saturated heterocycles. The van der Waals surface area contributed by atoms with Crippen LogP contribution < -0.4 is 20.7 Å². The summed E-state index contributed by atoms with van der Waals surface area (Å²) in [5, 5.41) is 6.31. The number of rotatable bonds is 9. The van der Waals surface area contributed by atoms with E-state index in [-0.39, 0.29) is 11.8 Å². The molecule has 0 saturated carbocycles. The molecule has 4 aromatic rings. The molecule has 4 nitrogen and oxygen atoms in total. The van der Waals surface area contributed by atoms with E-state index in [1.165, 1.54) is 10.6 Å². The Hall–Kier alpha value is -3.62. The Kier molecular flexibility index (Phi) is 7.95. The molecule has 1 unspecified atom stereocenters. The molecular formula is C29H28NO3P.